The second-order valence-electron chi connectivity index (χ2n) is 4.10. The van der Waals surface area contributed by atoms with Crippen molar-refractivity contribution in [3.8, 4) is 0 Å². The summed E-state index contributed by atoms with van der Waals surface area (Å²) in [5.74, 6) is -0.0674. The number of unbranched alkanes of at least 4 members (excludes halogenated alkanes) is 2. The number of rotatable bonds is 9. The number of methoxy groups -OCH3 is 1. The van der Waals surface area contributed by atoms with E-state index in [4.69, 9.17) is 5.73 Å². The summed E-state index contributed by atoms with van der Waals surface area (Å²) in [7, 11) is 1.30. The van der Waals surface area contributed by atoms with Crippen LogP contribution in [0, 0.1) is 0 Å². The molecule has 2 atom stereocenters. The first-order chi connectivity index (χ1) is 8.52. The summed E-state index contributed by atoms with van der Waals surface area (Å²) in [4.78, 5) is 22.7. The molecule has 5 nitrogen and oxygen atoms in total. The molecule has 0 radical (unpaired) electrons. The van der Waals surface area contributed by atoms with Gasteiger partial charge in [-0.15, -0.1) is 11.8 Å². The van der Waals surface area contributed by atoms with Crippen LogP contribution in [0.5, 0.6) is 0 Å². The molecule has 0 saturated heterocycles. The molecule has 1 amide bonds. The molecule has 0 fully saturated rings. The van der Waals surface area contributed by atoms with Gasteiger partial charge in [0.05, 0.1) is 12.4 Å². The lowest BCUT2D eigenvalue weighted by atomic mass is 10.2. The van der Waals surface area contributed by atoms with Crippen molar-refractivity contribution in [1.82, 2.24) is 5.32 Å². The molecule has 0 rings (SSSR count). The Morgan fingerprint density at radius 3 is 2.61 bits per heavy atom. The fourth-order valence-electron chi connectivity index (χ4n) is 1.27. The van der Waals surface area contributed by atoms with Gasteiger partial charge in [0.25, 0.3) is 0 Å². The van der Waals surface area contributed by atoms with E-state index in [1.165, 1.54) is 18.9 Å². The zero-order chi connectivity index (χ0) is 14.0. The van der Waals surface area contributed by atoms with Gasteiger partial charge < -0.3 is 15.8 Å². The Morgan fingerprint density at radius 2 is 2.06 bits per heavy atom. The maximum absolute atomic E-state index is 11.7. The van der Waals surface area contributed by atoms with Crippen molar-refractivity contribution in [3.63, 3.8) is 0 Å². The highest BCUT2D eigenvalue weighted by molar-refractivity contribution is 8.00. The molecule has 0 aromatic carbocycles. The highest BCUT2D eigenvalue weighted by Gasteiger charge is 2.18. The van der Waals surface area contributed by atoms with E-state index >= 15 is 0 Å². The fourth-order valence-corrected chi connectivity index (χ4v) is 2.14. The third kappa shape index (κ3) is 7.55. The molecule has 106 valence electrons. The Kier molecular flexibility index (Phi) is 9.77. The van der Waals surface area contributed by atoms with Crippen molar-refractivity contribution in [2.24, 2.45) is 5.73 Å². The molecule has 0 aromatic rings. The summed E-state index contributed by atoms with van der Waals surface area (Å²) < 4.78 is 4.52. The molecular formula is C12H24N2O3S. The Bertz CT molecular complexity index is 262. The van der Waals surface area contributed by atoms with E-state index in [9.17, 15) is 9.59 Å². The molecule has 2 unspecified atom stereocenters. The van der Waals surface area contributed by atoms with Crippen molar-refractivity contribution >= 4 is 23.6 Å². The number of esters is 1. The molecule has 0 aliphatic rings. The van der Waals surface area contributed by atoms with E-state index < -0.39 is 12.0 Å². The normalized spacial score (nSPS) is 13.8. The zero-order valence-electron chi connectivity index (χ0n) is 11.4. The van der Waals surface area contributed by atoms with E-state index in [0.717, 1.165) is 19.3 Å². The van der Waals surface area contributed by atoms with Crippen molar-refractivity contribution < 1.29 is 14.3 Å². The Morgan fingerprint density at radius 1 is 1.39 bits per heavy atom. The predicted octanol–water partition coefficient (Wildman–Crippen LogP) is 0.915. The number of hydrogen-bond acceptors (Lipinski definition) is 5. The van der Waals surface area contributed by atoms with Gasteiger partial charge in [-0.25, -0.2) is 0 Å². The van der Waals surface area contributed by atoms with Gasteiger partial charge in [-0.2, -0.15) is 0 Å². The van der Waals surface area contributed by atoms with Crippen LogP contribution in [0.1, 0.15) is 33.1 Å². The summed E-state index contributed by atoms with van der Waals surface area (Å²) in [6.45, 7) is 4.64. The van der Waals surface area contributed by atoms with E-state index in [1.54, 1.807) is 0 Å². The number of amides is 1. The van der Waals surface area contributed by atoms with Crippen LogP contribution in [-0.2, 0) is 14.3 Å². The third-order valence-corrected chi connectivity index (χ3v) is 3.74. The van der Waals surface area contributed by atoms with Crippen LogP contribution < -0.4 is 11.1 Å². The van der Waals surface area contributed by atoms with Crippen molar-refractivity contribution in [2.45, 2.75) is 44.4 Å². The zero-order valence-corrected chi connectivity index (χ0v) is 12.2. The minimum Gasteiger partial charge on any atom is -0.468 e. The second kappa shape index (κ2) is 10.2. The smallest absolute Gasteiger partial charge is 0.323 e. The number of hydrogen-bond donors (Lipinski definition) is 2. The van der Waals surface area contributed by atoms with Crippen molar-refractivity contribution in [3.05, 3.63) is 0 Å². The molecule has 18 heavy (non-hydrogen) atoms. The van der Waals surface area contributed by atoms with Gasteiger partial charge in [0.15, 0.2) is 0 Å². The van der Waals surface area contributed by atoms with Gasteiger partial charge in [0.1, 0.15) is 6.04 Å². The van der Waals surface area contributed by atoms with Crippen LogP contribution in [0.25, 0.3) is 0 Å². The summed E-state index contributed by atoms with van der Waals surface area (Å²) in [5.41, 5.74) is 5.59. The molecule has 0 aliphatic carbocycles. The minimum atomic E-state index is -0.671. The van der Waals surface area contributed by atoms with Gasteiger partial charge in [0, 0.05) is 12.3 Å². The first-order valence-electron chi connectivity index (χ1n) is 6.25. The first-order valence-corrected chi connectivity index (χ1v) is 7.30. The van der Waals surface area contributed by atoms with E-state index in [-0.39, 0.29) is 11.2 Å². The number of nitrogens with two attached hydrogens (primary N) is 1. The highest BCUT2D eigenvalue weighted by atomic mass is 32.2. The van der Waals surface area contributed by atoms with Crippen LogP contribution in [0.2, 0.25) is 0 Å². The molecule has 0 aromatic heterocycles. The molecular weight excluding hydrogens is 252 g/mol. The van der Waals surface area contributed by atoms with Crippen molar-refractivity contribution in [2.75, 3.05) is 19.4 Å². The SMILES string of the molecule is CCCCCNC(=O)C(C)SCC(N)C(=O)OC. The monoisotopic (exact) mass is 276 g/mol. The van der Waals surface area contributed by atoms with Crippen LogP contribution in [0.15, 0.2) is 0 Å². The van der Waals surface area contributed by atoms with Crippen LogP contribution in [0.3, 0.4) is 0 Å². The standard InChI is InChI=1S/C12H24N2O3S/c1-4-5-6-7-14-11(15)9(2)18-8-10(13)12(16)17-3/h9-10H,4-8,13H2,1-3H3,(H,14,15). The van der Waals surface area contributed by atoms with Crippen LogP contribution >= 0.6 is 11.8 Å². The fraction of sp³-hybridized carbons (Fsp3) is 0.833. The first kappa shape index (κ1) is 17.2. The predicted molar refractivity (Wildman–Crippen MR) is 74.4 cm³/mol. The van der Waals surface area contributed by atoms with Crippen LogP contribution in [-0.4, -0.2) is 42.6 Å². The third-order valence-electron chi connectivity index (χ3n) is 2.48. The molecule has 6 heteroatoms. The highest BCUT2D eigenvalue weighted by Crippen LogP contribution is 2.11. The number of carbonyl (C=O) groups excluding carboxylic acids is 2. The van der Waals surface area contributed by atoms with E-state index in [0.29, 0.717) is 12.3 Å². The lowest BCUT2D eigenvalue weighted by Crippen LogP contribution is -2.37. The van der Waals surface area contributed by atoms with Crippen LogP contribution in [0.4, 0.5) is 0 Å². The second-order valence-corrected chi connectivity index (χ2v) is 5.48. The number of carbonyl (C=O) groups is 2. The van der Waals surface area contributed by atoms with Gasteiger partial charge in [-0.05, 0) is 13.3 Å². The Labute approximate surface area is 113 Å². The molecule has 0 spiro atoms. The largest absolute Gasteiger partial charge is 0.468 e. The van der Waals surface area contributed by atoms with Gasteiger partial charge in [-0.3, -0.25) is 9.59 Å². The molecule has 0 heterocycles. The minimum absolute atomic E-state index is 0.00633. The summed E-state index contributed by atoms with van der Waals surface area (Å²) in [6, 6.07) is -0.671. The summed E-state index contributed by atoms with van der Waals surface area (Å²) in [6.07, 6.45) is 3.25. The summed E-state index contributed by atoms with van der Waals surface area (Å²) in [5, 5.41) is 2.66. The average Bonchev–Trinajstić information content (AvgIpc) is 2.39. The Balaban J connectivity index is 3.77. The Hall–Kier alpha value is -0.750. The van der Waals surface area contributed by atoms with Gasteiger partial charge in [0.2, 0.25) is 5.91 Å². The molecule has 0 saturated carbocycles. The maximum Gasteiger partial charge on any atom is 0.323 e. The number of thioether (sulfide) groups is 1. The molecule has 0 aliphatic heterocycles. The topological polar surface area (TPSA) is 81.4 Å². The summed E-state index contributed by atoms with van der Waals surface area (Å²) >= 11 is 1.36. The average molecular weight is 276 g/mol. The lowest BCUT2D eigenvalue weighted by molar-refractivity contribution is -0.141. The van der Waals surface area contributed by atoms with Gasteiger partial charge in [-0.1, -0.05) is 19.8 Å². The van der Waals surface area contributed by atoms with E-state index in [1.807, 2.05) is 6.92 Å². The molecule has 0 bridgehead atoms. The number of nitrogens with one attached hydrogen (secondary N) is 1. The van der Waals surface area contributed by atoms with Crippen molar-refractivity contribution in [1.29, 1.82) is 0 Å². The maximum atomic E-state index is 11.7. The van der Waals surface area contributed by atoms with Gasteiger partial charge >= 0.3 is 5.97 Å². The number of ether oxygens (including phenoxy) is 1. The van der Waals surface area contributed by atoms with E-state index in [2.05, 4.69) is 17.0 Å². The quantitative estimate of drug-likeness (QED) is 0.483. The molecule has 3 N–H and O–H groups in total. The lowest BCUT2D eigenvalue weighted by Gasteiger charge is -2.14.